The number of carbonyl (C=O) groups is 1. The van der Waals surface area contributed by atoms with Crippen molar-refractivity contribution >= 4 is 48.5 Å². The van der Waals surface area contributed by atoms with Crippen LogP contribution in [0.15, 0.2) is 40.9 Å². The maximum absolute atomic E-state index is 13.4. The Hall–Kier alpha value is -1.80. The first-order valence-corrected chi connectivity index (χ1v) is 11.4. The highest BCUT2D eigenvalue weighted by atomic mass is 79.9. The van der Waals surface area contributed by atoms with E-state index in [1.807, 2.05) is 29.2 Å². The maximum Gasteiger partial charge on any atom is 0.260 e. The fraction of sp³-hybridized carbons (Fsp3) is 0.364. The molecule has 1 aliphatic rings. The molecule has 0 unspecified atom stereocenters. The molecule has 152 valence electrons. The Balaban J connectivity index is 1.66. The number of nitrogens with zero attached hydrogens (tertiary/aromatic N) is 3. The van der Waals surface area contributed by atoms with Gasteiger partial charge in [-0.15, -0.1) is 0 Å². The van der Waals surface area contributed by atoms with Gasteiger partial charge >= 0.3 is 0 Å². The summed E-state index contributed by atoms with van der Waals surface area (Å²) in [5, 5.41) is 0.759. The smallest absolute Gasteiger partial charge is 0.260 e. The molecule has 3 aromatic rings. The van der Waals surface area contributed by atoms with Crippen LogP contribution in [0.4, 0.5) is 5.13 Å². The lowest BCUT2D eigenvalue weighted by atomic mass is 10.1. The topological polar surface area (TPSA) is 45.7 Å². The van der Waals surface area contributed by atoms with Crippen molar-refractivity contribution < 1.29 is 9.53 Å². The molecule has 29 heavy (non-hydrogen) atoms. The van der Waals surface area contributed by atoms with Gasteiger partial charge in [-0.3, -0.25) is 14.6 Å². The van der Waals surface area contributed by atoms with Crippen LogP contribution in [0.3, 0.4) is 0 Å². The number of amides is 1. The summed E-state index contributed by atoms with van der Waals surface area (Å²) in [6.45, 7) is 8.89. The monoisotopic (exact) mass is 473 g/mol. The molecule has 1 amide bonds. The Morgan fingerprint density at radius 2 is 1.93 bits per heavy atom. The molecule has 2 aromatic carbocycles. The average molecular weight is 474 g/mol. The second kappa shape index (κ2) is 8.92. The molecular formula is C22H24BrN3O2S. The highest BCUT2D eigenvalue weighted by Gasteiger charge is 2.23. The predicted molar refractivity (Wildman–Crippen MR) is 122 cm³/mol. The SMILES string of the molecule is Cc1cc(C)c2sc(N(CCN3CCOCC3)C(=O)c3ccc(Br)cc3)nc2c1. The second-order valence-electron chi connectivity index (χ2n) is 7.34. The largest absolute Gasteiger partial charge is 0.379 e. The van der Waals surface area contributed by atoms with Crippen LogP contribution in [-0.4, -0.2) is 55.2 Å². The molecule has 7 heteroatoms. The Bertz CT molecular complexity index is 1010. The number of rotatable bonds is 5. The van der Waals surface area contributed by atoms with Crippen LogP contribution >= 0.6 is 27.3 Å². The zero-order valence-electron chi connectivity index (χ0n) is 16.7. The number of carbonyl (C=O) groups excluding carboxylic acids is 1. The van der Waals surface area contributed by atoms with Gasteiger partial charge in [0.1, 0.15) is 0 Å². The van der Waals surface area contributed by atoms with Crippen molar-refractivity contribution in [1.29, 1.82) is 0 Å². The van der Waals surface area contributed by atoms with Gasteiger partial charge in [0.15, 0.2) is 5.13 Å². The Morgan fingerprint density at radius 1 is 1.21 bits per heavy atom. The molecule has 0 spiro atoms. The predicted octanol–water partition coefficient (Wildman–Crippen LogP) is 4.65. The van der Waals surface area contributed by atoms with Crippen LogP contribution in [0, 0.1) is 13.8 Å². The normalized spacial score (nSPS) is 15.0. The van der Waals surface area contributed by atoms with Gasteiger partial charge in [-0.05, 0) is 55.3 Å². The summed E-state index contributed by atoms with van der Waals surface area (Å²) in [4.78, 5) is 22.4. The minimum absolute atomic E-state index is 0.0146. The molecule has 0 radical (unpaired) electrons. The van der Waals surface area contributed by atoms with E-state index < -0.39 is 0 Å². The molecular weight excluding hydrogens is 450 g/mol. The first-order chi connectivity index (χ1) is 14.0. The lowest BCUT2D eigenvalue weighted by molar-refractivity contribution is 0.0391. The van der Waals surface area contributed by atoms with Gasteiger partial charge in [-0.1, -0.05) is 33.3 Å². The number of halogens is 1. The molecule has 5 nitrogen and oxygen atoms in total. The van der Waals surface area contributed by atoms with Gasteiger partial charge in [-0.25, -0.2) is 4.98 Å². The Morgan fingerprint density at radius 3 is 2.66 bits per heavy atom. The number of hydrogen-bond acceptors (Lipinski definition) is 5. The standard InChI is InChI=1S/C22H24BrN3O2S/c1-15-13-16(2)20-19(14-15)24-22(29-20)26(8-7-25-9-11-28-12-10-25)21(27)17-3-5-18(23)6-4-17/h3-6,13-14H,7-12H2,1-2H3. The second-order valence-corrected chi connectivity index (χ2v) is 9.24. The van der Waals surface area contributed by atoms with E-state index in [0.29, 0.717) is 12.1 Å². The maximum atomic E-state index is 13.4. The number of hydrogen-bond donors (Lipinski definition) is 0. The van der Waals surface area contributed by atoms with Crippen LogP contribution in [-0.2, 0) is 4.74 Å². The highest BCUT2D eigenvalue weighted by Crippen LogP contribution is 2.33. The molecule has 0 saturated carbocycles. The number of benzene rings is 2. The zero-order valence-corrected chi connectivity index (χ0v) is 19.1. The first-order valence-electron chi connectivity index (χ1n) is 9.76. The molecule has 0 bridgehead atoms. The first kappa shape index (κ1) is 20.5. The van der Waals surface area contributed by atoms with Crippen molar-refractivity contribution in [2.45, 2.75) is 13.8 Å². The van der Waals surface area contributed by atoms with Crippen LogP contribution in [0.2, 0.25) is 0 Å². The number of fused-ring (bicyclic) bond motifs is 1. The minimum atomic E-state index is -0.0146. The third-order valence-corrected chi connectivity index (χ3v) is 6.88. The number of morpholine rings is 1. The third-order valence-electron chi connectivity index (χ3n) is 5.12. The van der Waals surface area contributed by atoms with Crippen molar-refractivity contribution in [1.82, 2.24) is 9.88 Å². The van der Waals surface area contributed by atoms with Crippen LogP contribution in [0.1, 0.15) is 21.5 Å². The van der Waals surface area contributed by atoms with Gasteiger partial charge in [0.25, 0.3) is 5.91 Å². The van der Waals surface area contributed by atoms with Crippen LogP contribution in [0.25, 0.3) is 10.2 Å². The molecule has 0 N–H and O–H groups in total. The van der Waals surface area contributed by atoms with Crippen molar-refractivity contribution in [3.8, 4) is 0 Å². The molecule has 1 aliphatic heterocycles. The van der Waals surface area contributed by atoms with Crippen molar-refractivity contribution in [2.24, 2.45) is 0 Å². The van der Waals surface area contributed by atoms with Crippen molar-refractivity contribution in [3.63, 3.8) is 0 Å². The van der Waals surface area contributed by atoms with Gasteiger partial charge in [0.2, 0.25) is 0 Å². The van der Waals surface area contributed by atoms with Crippen molar-refractivity contribution in [3.05, 3.63) is 57.6 Å². The van der Waals surface area contributed by atoms with E-state index in [4.69, 9.17) is 9.72 Å². The third kappa shape index (κ3) is 4.69. The van der Waals surface area contributed by atoms with E-state index in [2.05, 4.69) is 46.8 Å². The summed E-state index contributed by atoms with van der Waals surface area (Å²) in [7, 11) is 0. The fourth-order valence-corrected chi connectivity index (χ4v) is 4.88. The summed E-state index contributed by atoms with van der Waals surface area (Å²) < 4.78 is 7.55. The number of aromatic nitrogens is 1. The quantitative estimate of drug-likeness (QED) is 0.540. The molecule has 4 rings (SSSR count). The summed E-state index contributed by atoms with van der Waals surface area (Å²) >= 11 is 5.04. The molecule has 2 heterocycles. The molecule has 1 aromatic heterocycles. The van der Waals surface area contributed by atoms with E-state index in [1.54, 1.807) is 11.3 Å². The molecule has 1 fully saturated rings. The fourth-order valence-electron chi connectivity index (χ4n) is 3.58. The molecule has 1 saturated heterocycles. The van der Waals surface area contributed by atoms with E-state index in [0.717, 1.165) is 52.7 Å². The molecule has 0 aliphatic carbocycles. The zero-order chi connectivity index (χ0) is 20.4. The Labute approximate surface area is 183 Å². The lowest BCUT2D eigenvalue weighted by Crippen LogP contribution is -2.43. The van der Waals surface area contributed by atoms with E-state index >= 15 is 0 Å². The molecule has 0 atom stereocenters. The average Bonchev–Trinajstić information content (AvgIpc) is 3.13. The number of aryl methyl sites for hydroxylation is 2. The Kier molecular flexibility index (Phi) is 6.29. The van der Waals surface area contributed by atoms with Gasteiger partial charge in [0, 0.05) is 36.2 Å². The van der Waals surface area contributed by atoms with Crippen molar-refractivity contribution in [2.75, 3.05) is 44.3 Å². The highest BCUT2D eigenvalue weighted by molar-refractivity contribution is 9.10. The summed E-state index contributed by atoms with van der Waals surface area (Å²) in [5.74, 6) is -0.0146. The number of anilines is 1. The number of thiazole rings is 1. The van der Waals surface area contributed by atoms with E-state index in [1.165, 1.54) is 11.1 Å². The van der Waals surface area contributed by atoms with E-state index in [-0.39, 0.29) is 5.91 Å². The van der Waals surface area contributed by atoms with E-state index in [9.17, 15) is 4.79 Å². The summed E-state index contributed by atoms with van der Waals surface area (Å²) in [6, 6.07) is 11.8. The number of ether oxygens (including phenoxy) is 1. The van der Waals surface area contributed by atoms with Crippen LogP contribution in [0.5, 0.6) is 0 Å². The summed E-state index contributed by atoms with van der Waals surface area (Å²) in [6.07, 6.45) is 0. The van der Waals surface area contributed by atoms with Crippen LogP contribution < -0.4 is 4.90 Å². The van der Waals surface area contributed by atoms with Gasteiger partial charge in [0.05, 0.1) is 23.4 Å². The summed E-state index contributed by atoms with van der Waals surface area (Å²) in [5.41, 5.74) is 4.02. The van der Waals surface area contributed by atoms with Gasteiger partial charge in [-0.2, -0.15) is 0 Å². The van der Waals surface area contributed by atoms with Gasteiger partial charge < -0.3 is 4.74 Å². The minimum Gasteiger partial charge on any atom is -0.379 e. The lowest BCUT2D eigenvalue weighted by Gasteiger charge is -2.29.